The number of unbranched alkanes of at least 4 members (excludes halogenated alkanes) is 17. The molecule has 0 radical (unpaired) electrons. The number of carbonyl (C=O) groups excluding carboxylic acids is 1. The van der Waals surface area contributed by atoms with E-state index in [1.54, 1.807) is 6.08 Å². The van der Waals surface area contributed by atoms with E-state index < -0.39 is 12.1 Å². The molecule has 46 heavy (non-hydrogen) atoms. The van der Waals surface area contributed by atoms with Crippen molar-refractivity contribution in [3.05, 3.63) is 72.9 Å². The van der Waals surface area contributed by atoms with Crippen LogP contribution in [-0.2, 0) is 4.79 Å². The highest BCUT2D eigenvalue weighted by Gasteiger charge is 2.17. The number of rotatable bonds is 33. The highest BCUT2D eigenvalue weighted by molar-refractivity contribution is 5.76. The summed E-state index contributed by atoms with van der Waals surface area (Å²) >= 11 is 0. The van der Waals surface area contributed by atoms with E-state index in [9.17, 15) is 15.0 Å². The molecule has 0 aliphatic rings. The van der Waals surface area contributed by atoms with Gasteiger partial charge in [0.05, 0.1) is 18.8 Å². The Kier molecular flexibility index (Phi) is 35.5. The lowest BCUT2D eigenvalue weighted by Crippen LogP contribution is -2.45. The Labute approximate surface area is 285 Å². The lowest BCUT2D eigenvalue weighted by molar-refractivity contribution is -0.123. The fourth-order valence-corrected chi connectivity index (χ4v) is 5.28. The molecule has 0 rings (SSSR count). The van der Waals surface area contributed by atoms with Crippen molar-refractivity contribution in [3.63, 3.8) is 0 Å². The Balaban J connectivity index is 3.60. The van der Waals surface area contributed by atoms with Crippen LogP contribution in [0.2, 0.25) is 0 Å². The number of amides is 1. The predicted molar refractivity (Wildman–Crippen MR) is 202 cm³/mol. The topological polar surface area (TPSA) is 69.6 Å². The molecule has 0 spiro atoms. The SMILES string of the molecule is C/C=C/CC/C=C/CC/C=C/C(O)C(CO)NC(=O)CCCCCCCCCCCC/C=C\C/C=C\C/C=C\CCCCCCC. The van der Waals surface area contributed by atoms with E-state index in [-0.39, 0.29) is 12.5 Å². The summed E-state index contributed by atoms with van der Waals surface area (Å²) in [5, 5.41) is 22.7. The highest BCUT2D eigenvalue weighted by atomic mass is 16.3. The largest absolute Gasteiger partial charge is 0.394 e. The summed E-state index contributed by atoms with van der Waals surface area (Å²) in [5.74, 6) is -0.0895. The van der Waals surface area contributed by atoms with Crippen LogP contribution in [0.5, 0.6) is 0 Å². The van der Waals surface area contributed by atoms with Crippen LogP contribution < -0.4 is 5.32 Å². The number of hydrogen-bond acceptors (Lipinski definition) is 3. The molecule has 1 amide bonds. The summed E-state index contributed by atoms with van der Waals surface area (Å²) in [6, 6.07) is -0.648. The minimum Gasteiger partial charge on any atom is -0.394 e. The molecule has 0 saturated heterocycles. The minimum absolute atomic E-state index is 0.0895. The molecule has 0 fully saturated rings. The number of hydrogen-bond donors (Lipinski definition) is 3. The van der Waals surface area contributed by atoms with Crippen molar-refractivity contribution in [2.45, 2.75) is 180 Å². The lowest BCUT2D eigenvalue weighted by Gasteiger charge is -2.19. The van der Waals surface area contributed by atoms with E-state index in [1.807, 2.05) is 13.0 Å². The summed E-state index contributed by atoms with van der Waals surface area (Å²) < 4.78 is 0. The molecule has 0 aliphatic carbocycles. The fourth-order valence-electron chi connectivity index (χ4n) is 5.28. The molecule has 0 aliphatic heterocycles. The molecular weight excluding hydrogens is 566 g/mol. The van der Waals surface area contributed by atoms with E-state index in [4.69, 9.17) is 0 Å². The first-order valence-corrected chi connectivity index (χ1v) is 19.1. The van der Waals surface area contributed by atoms with Gasteiger partial charge in [-0.3, -0.25) is 4.79 Å². The quantitative estimate of drug-likeness (QED) is 0.0494. The maximum Gasteiger partial charge on any atom is 0.220 e. The molecule has 0 heterocycles. The highest BCUT2D eigenvalue weighted by Crippen LogP contribution is 2.13. The molecular formula is C42H73NO3. The van der Waals surface area contributed by atoms with Gasteiger partial charge in [0, 0.05) is 6.42 Å². The third-order valence-corrected chi connectivity index (χ3v) is 8.23. The van der Waals surface area contributed by atoms with E-state index in [2.05, 4.69) is 73.0 Å². The van der Waals surface area contributed by atoms with Gasteiger partial charge in [-0.1, -0.05) is 157 Å². The number of allylic oxidation sites excluding steroid dienone is 11. The number of carbonyl (C=O) groups is 1. The van der Waals surface area contributed by atoms with Gasteiger partial charge in [0.15, 0.2) is 0 Å². The molecule has 264 valence electrons. The van der Waals surface area contributed by atoms with Crippen molar-refractivity contribution in [1.82, 2.24) is 5.32 Å². The van der Waals surface area contributed by atoms with Gasteiger partial charge in [-0.2, -0.15) is 0 Å². The second kappa shape index (κ2) is 37.3. The molecule has 2 atom stereocenters. The first-order valence-electron chi connectivity index (χ1n) is 19.1. The fraction of sp³-hybridized carbons (Fsp3) is 0.690. The molecule has 0 saturated carbocycles. The Bertz CT molecular complexity index is 823. The normalized spacial score (nSPS) is 13.9. The van der Waals surface area contributed by atoms with E-state index in [0.717, 1.165) is 51.4 Å². The smallest absolute Gasteiger partial charge is 0.220 e. The van der Waals surface area contributed by atoms with Crippen LogP contribution in [0.3, 0.4) is 0 Å². The Hall–Kier alpha value is -2.17. The van der Waals surface area contributed by atoms with E-state index >= 15 is 0 Å². The van der Waals surface area contributed by atoms with E-state index in [1.165, 1.54) is 96.3 Å². The summed E-state index contributed by atoms with van der Waals surface area (Å²) in [4.78, 5) is 12.3. The molecule has 0 bridgehead atoms. The van der Waals surface area contributed by atoms with Gasteiger partial charge >= 0.3 is 0 Å². The number of aliphatic hydroxyl groups excluding tert-OH is 2. The third-order valence-electron chi connectivity index (χ3n) is 8.23. The second-order valence-corrected chi connectivity index (χ2v) is 12.6. The zero-order chi connectivity index (χ0) is 33.6. The second-order valence-electron chi connectivity index (χ2n) is 12.6. The molecule has 4 heteroatoms. The van der Waals surface area contributed by atoms with Gasteiger partial charge in [-0.05, 0) is 77.6 Å². The minimum atomic E-state index is -0.872. The standard InChI is InChI=1S/C42H73NO3/c1-3-5-7-9-11-13-14-15-16-17-18-19-20-21-22-23-24-25-26-27-28-30-32-34-36-38-42(46)43-40(39-44)41(45)37-35-33-31-29-12-10-8-6-4-2/h4,6,12,14-15,17-18,20-21,29,35,37,40-41,44-45H,3,5,7-11,13,16,19,22-28,30-34,36,38-39H2,1-2H3,(H,43,46)/b6-4+,15-14-,18-17-,21-20-,29-12+,37-35+. The monoisotopic (exact) mass is 640 g/mol. The van der Waals surface area contributed by atoms with Crippen LogP contribution >= 0.6 is 0 Å². The molecule has 4 nitrogen and oxygen atoms in total. The van der Waals surface area contributed by atoms with Crippen LogP contribution in [0.25, 0.3) is 0 Å². The van der Waals surface area contributed by atoms with Crippen LogP contribution in [0.4, 0.5) is 0 Å². The van der Waals surface area contributed by atoms with Crippen LogP contribution in [-0.4, -0.2) is 34.9 Å². The zero-order valence-corrected chi connectivity index (χ0v) is 30.1. The molecule has 3 N–H and O–H groups in total. The van der Waals surface area contributed by atoms with Crippen LogP contribution in [0.1, 0.15) is 168 Å². The number of aliphatic hydroxyl groups is 2. The average Bonchev–Trinajstić information content (AvgIpc) is 3.06. The van der Waals surface area contributed by atoms with Gasteiger partial charge < -0.3 is 15.5 Å². The van der Waals surface area contributed by atoms with Crippen molar-refractivity contribution in [2.24, 2.45) is 0 Å². The maximum absolute atomic E-state index is 12.3. The summed E-state index contributed by atoms with van der Waals surface area (Å²) in [5.41, 5.74) is 0. The average molecular weight is 640 g/mol. The third kappa shape index (κ3) is 33.2. The van der Waals surface area contributed by atoms with Crippen molar-refractivity contribution in [1.29, 1.82) is 0 Å². The van der Waals surface area contributed by atoms with Gasteiger partial charge in [-0.15, -0.1) is 0 Å². The Morgan fingerprint density at radius 3 is 1.52 bits per heavy atom. The van der Waals surface area contributed by atoms with Crippen molar-refractivity contribution < 1.29 is 15.0 Å². The summed E-state index contributed by atoms with van der Waals surface area (Å²) in [6.07, 6.45) is 53.0. The van der Waals surface area contributed by atoms with Crippen LogP contribution in [0.15, 0.2) is 72.9 Å². The zero-order valence-electron chi connectivity index (χ0n) is 30.1. The van der Waals surface area contributed by atoms with Gasteiger partial charge in [-0.25, -0.2) is 0 Å². The van der Waals surface area contributed by atoms with Crippen molar-refractivity contribution in [2.75, 3.05) is 6.61 Å². The van der Waals surface area contributed by atoms with E-state index in [0.29, 0.717) is 6.42 Å². The first kappa shape index (κ1) is 43.8. The maximum atomic E-state index is 12.3. The first-order chi connectivity index (χ1) is 22.7. The van der Waals surface area contributed by atoms with Gasteiger partial charge in [0.2, 0.25) is 5.91 Å². The van der Waals surface area contributed by atoms with Crippen molar-refractivity contribution in [3.8, 4) is 0 Å². The summed E-state index contributed by atoms with van der Waals surface area (Å²) in [7, 11) is 0. The number of nitrogens with one attached hydrogen (secondary N) is 1. The Morgan fingerprint density at radius 1 is 0.565 bits per heavy atom. The van der Waals surface area contributed by atoms with Gasteiger partial charge in [0.1, 0.15) is 0 Å². The van der Waals surface area contributed by atoms with Crippen molar-refractivity contribution >= 4 is 5.91 Å². The van der Waals surface area contributed by atoms with Crippen LogP contribution in [0, 0.1) is 0 Å². The molecule has 0 aromatic rings. The van der Waals surface area contributed by atoms with Gasteiger partial charge in [0.25, 0.3) is 0 Å². The molecule has 0 aromatic carbocycles. The lowest BCUT2D eigenvalue weighted by atomic mass is 10.0. The summed E-state index contributed by atoms with van der Waals surface area (Å²) in [6.45, 7) is 4.03. The Morgan fingerprint density at radius 2 is 1.00 bits per heavy atom. The molecule has 0 aromatic heterocycles. The predicted octanol–water partition coefficient (Wildman–Crippen LogP) is 11.6. The molecule has 2 unspecified atom stereocenters.